The predicted octanol–water partition coefficient (Wildman–Crippen LogP) is 3.30. The Morgan fingerprint density at radius 1 is 1.47 bits per heavy atom. The van der Waals surface area contributed by atoms with Crippen LogP contribution < -0.4 is 5.32 Å². The molecule has 0 aromatic carbocycles. The number of nitrogens with zero attached hydrogens (tertiary/aromatic N) is 1. The Bertz CT molecular complexity index is 473. The Labute approximate surface area is 101 Å². The van der Waals surface area contributed by atoms with Gasteiger partial charge >= 0.3 is 0 Å². The number of furan rings is 1. The molecular formula is C13H18N2O2. The number of hydrogen-bond donors (Lipinski definition) is 1. The zero-order valence-electron chi connectivity index (χ0n) is 10.5. The fourth-order valence-corrected chi connectivity index (χ4v) is 1.67. The van der Waals surface area contributed by atoms with Crippen molar-refractivity contribution in [1.82, 2.24) is 10.3 Å². The molecular weight excluding hydrogens is 216 g/mol. The first-order valence-electron chi connectivity index (χ1n) is 5.96. The number of aromatic nitrogens is 1. The van der Waals surface area contributed by atoms with Gasteiger partial charge in [0.2, 0.25) is 5.89 Å². The monoisotopic (exact) mass is 234 g/mol. The summed E-state index contributed by atoms with van der Waals surface area (Å²) in [6.45, 7) is 7.12. The molecule has 17 heavy (non-hydrogen) atoms. The number of rotatable bonds is 5. The van der Waals surface area contributed by atoms with Gasteiger partial charge in [-0.05, 0) is 38.4 Å². The van der Waals surface area contributed by atoms with Crippen LogP contribution in [0.3, 0.4) is 0 Å². The van der Waals surface area contributed by atoms with Crippen LogP contribution in [0.4, 0.5) is 0 Å². The molecule has 0 amide bonds. The Morgan fingerprint density at radius 3 is 2.94 bits per heavy atom. The van der Waals surface area contributed by atoms with Crippen molar-refractivity contribution >= 4 is 0 Å². The minimum Gasteiger partial charge on any atom is -0.461 e. The molecule has 0 bridgehead atoms. The molecule has 0 radical (unpaired) electrons. The average molecular weight is 234 g/mol. The van der Waals surface area contributed by atoms with Gasteiger partial charge in [0.1, 0.15) is 0 Å². The molecule has 0 aliphatic carbocycles. The van der Waals surface area contributed by atoms with Gasteiger partial charge < -0.3 is 14.2 Å². The van der Waals surface area contributed by atoms with Crippen molar-refractivity contribution in [1.29, 1.82) is 0 Å². The van der Waals surface area contributed by atoms with Crippen molar-refractivity contribution in [3.05, 3.63) is 30.0 Å². The zero-order valence-corrected chi connectivity index (χ0v) is 10.5. The average Bonchev–Trinajstić information content (AvgIpc) is 2.93. The fraction of sp³-hybridized carbons (Fsp3) is 0.462. The summed E-state index contributed by atoms with van der Waals surface area (Å²) >= 11 is 0. The maximum atomic E-state index is 5.70. The van der Waals surface area contributed by atoms with Crippen LogP contribution in [0.1, 0.15) is 37.8 Å². The summed E-state index contributed by atoms with van der Waals surface area (Å²) in [6, 6.07) is 2.04. The van der Waals surface area contributed by atoms with Crippen LogP contribution in [-0.4, -0.2) is 11.5 Å². The highest BCUT2D eigenvalue weighted by molar-refractivity contribution is 5.53. The van der Waals surface area contributed by atoms with E-state index in [1.165, 1.54) is 0 Å². The molecule has 1 unspecified atom stereocenters. The van der Waals surface area contributed by atoms with E-state index in [1.54, 1.807) is 12.5 Å². The van der Waals surface area contributed by atoms with Gasteiger partial charge in [0, 0.05) is 0 Å². The van der Waals surface area contributed by atoms with Crippen LogP contribution in [0.25, 0.3) is 11.5 Å². The topological polar surface area (TPSA) is 51.2 Å². The van der Waals surface area contributed by atoms with E-state index in [1.807, 2.05) is 19.9 Å². The van der Waals surface area contributed by atoms with E-state index in [-0.39, 0.29) is 6.04 Å². The standard InChI is InChI=1S/C13H18N2O2/c1-4-6-14-10(3)13-15-8-11(17-13)12-9(2)5-7-16-12/h5,7-8,10,14H,4,6H2,1-3H3. The third-order valence-corrected chi connectivity index (χ3v) is 2.68. The maximum Gasteiger partial charge on any atom is 0.211 e. The van der Waals surface area contributed by atoms with E-state index in [2.05, 4.69) is 17.2 Å². The SMILES string of the molecule is CCCNC(C)c1ncc(-c2occc2C)o1. The minimum absolute atomic E-state index is 0.124. The highest BCUT2D eigenvalue weighted by Crippen LogP contribution is 2.26. The smallest absolute Gasteiger partial charge is 0.211 e. The summed E-state index contributed by atoms with van der Waals surface area (Å²) in [5.41, 5.74) is 1.06. The van der Waals surface area contributed by atoms with Gasteiger partial charge in [-0.1, -0.05) is 6.92 Å². The molecule has 92 valence electrons. The van der Waals surface area contributed by atoms with E-state index in [0.717, 1.165) is 24.3 Å². The molecule has 0 aliphatic rings. The molecule has 0 fully saturated rings. The van der Waals surface area contributed by atoms with Crippen molar-refractivity contribution < 1.29 is 8.83 Å². The predicted molar refractivity (Wildman–Crippen MR) is 65.7 cm³/mol. The lowest BCUT2D eigenvalue weighted by Crippen LogP contribution is -2.19. The summed E-state index contributed by atoms with van der Waals surface area (Å²) in [7, 11) is 0. The number of nitrogens with one attached hydrogen (secondary N) is 1. The van der Waals surface area contributed by atoms with Crippen LogP contribution >= 0.6 is 0 Å². The van der Waals surface area contributed by atoms with E-state index < -0.39 is 0 Å². The highest BCUT2D eigenvalue weighted by atomic mass is 16.4. The van der Waals surface area contributed by atoms with Gasteiger partial charge in [0.05, 0.1) is 18.5 Å². The lowest BCUT2D eigenvalue weighted by Gasteiger charge is -2.08. The first-order chi connectivity index (χ1) is 8.22. The molecule has 1 atom stereocenters. The van der Waals surface area contributed by atoms with Gasteiger partial charge in [-0.25, -0.2) is 4.98 Å². The van der Waals surface area contributed by atoms with Crippen LogP contribution in [-0.2, 0) is 0 Å². The van der Waals surface area contributed by atoms with Gasteiger partial charge in [0.25, 0.3) is 0 Å². The van der Waals surface area contributed by atoms with E-state index in [9.17, 15) is 0 Å². The summed E-state index contributed by atoms with van der Waals surface area (Å²) in [4.78, 5) is 4.28. The summed E-state index contributed by atoms with van der Waals surface area (Å²) in [6.07, 6.45) is 4.46. The molecule has 4 heteroatoms. The minimum atomic E-state index is 0.124. The number of aryl methyl sites for hydroxylation is 1. The van der Waals surface area contributed by atoms with Gasteiger partial charge in [-0.15, -0.1) is 0 Å². The molecule has 2 heterocycles. The molecule has 0 spiro atoms. The second kappa shape index (κ2) is 5.19. The maximum absolute atomic E-state index is 5.70. The summed E-state index contributed by atoms with van der Waals surface area (Å²) < 4.78 is 11.1. The molecule has 1 N–H and O–H groups in total. The quantitative estimate of drug-likeness (QED) is 0.862. The van der Waals surface area contributed by atoms with E-state index >= 15 is 0 Å². The van der Waals surface area contributed by atoms with Crippen LogP contribution in [0.15, 0.2) is 27.4 Å². The first kappa shape index (κ1) is 11.9. The third kappa shape index (κ3) is 2.58. The van der Waals surface area contributed by atoms with Crippen molar-refractivity contribution in [3.63, 3.8) is 0 Å². The second-order valence-electron chi connectivity index (χ2n) is 4.17. The lowest BCUT2D eigenvalue weighted by atomic mass is 10.2. The van der Waals surface area contributed by atoms with Gasteiger partial charge in [-0.2, -0.15) is 0 Å². The molecule has 0 saturated carbocycles. The van der Waals surface area contributed by atoms with Crippen molar-refractivity contribution in [3.8, 4) is 11.5 Å². The van der Waals surface area contributed by atoms with Crippen molar-refractivity contribution in [2.24, 2.45) is 0 Å². The Kier molecular flexibility index (Phi) is 3.64. The molecule has 2 aromatic rings. The Hall–Kier alpha value is -1.55. The lowest BCUT2D eigenvalue weighted by molar-refractivity contribution is 0.415. The number of oxazole rings is 1. The molecule has 0 aliphatic heterocycles. The first-order valence-corrected chi connectivity index (χ1v) is 5.96. The third-order valence-electron chi connectivity index (χ3n) is 2.68. The van der Waals surface area contributed by atoms with Crippen LogP contribution in [0.2, 0.25) is 0 Å². The Balaban J connectivity index is 2.13. The van der Waals surface area contributed by atoms with Gasteiger partial charge in [-0.3, -0.25) is 0 Å². The molecule has 4 nitrogen and oxygen atoms in total. The fourth-order valence-electron chi connectivity index (χ4n) is 1.67. The van der Waals surface area contributed by atoms with Crippen molar-refractivity contribution in [2.45, 2.75) is 33.2 Å². The molecule has 0 saturated heterocycles. The van der Waals surface area contributed by atoms with Gasteiger partial charge in [0.15, 0.2) is 11.5 Å². The summed E-state index contributed by atoms with van der Waals surface area (Å²) in [5, 5.41) is 3.33. The molecule has 2 aromatic heterocycles. The second-order valence-corrected chi connectivity index (χ2v) is 4.17. The normalized spacial score (nSPS) is 12.9. The zero-order chi connectivity index (χ0) is 12.3. The highest BCUT2D eigenvalue weighted by Gasteiger charge is 2.15. The number of hydrogen-bond acceptors (Lipinski definition) is 4. The Morgan fingerprint density at radius 2 is 2.29 bits per heavy atom. The summed E-state index contributed by atoms with van der Waals surface area (Å²) in [5.74, 6) is 2.14. The van der Waals surface area contributed by atoms with E-state index in [4.69, 9.17) is 8.83 Å². The molecule has 2 rings (SSSR count). The van der Waals surface area contributed by atoms with Crippen molar-refractivity contribution in [2.75, 3.05) is 6.54 Å². The van der Waals surface area contributed by atoms with Crippen LogP contribution in [0.5, 0.6) is 0 Å². The largest absolute Gasteiger partial charge is 0.461 e. The van der Waals surface area contributed by atoms with E-state index in [0.29, 0.717) is 11.7 Å². The van der Waals surface area contributed by atoms with Crippen LogP contribution in [0, 0.1) is 6.92 Å².